The summed E-state index contributed by atoms with van der Waals surface area (Å²) in [4.78, 5) is 0. The minimum Gasteiger partial charge on any atom is -0.479 e. The van der Waals surface area contributed by atoms with E-state index in [9.17, 15) is 4.39 Å². The van der Waals surface area contributed by atoms with Crippen LogP contribution in [0.25, 0.3) is 0 Å². The van der Waals surface area contributed by atoms with E-state index in [-0.39, 0.29) is 12.4 Å². The fourth-order valence-corrected chi connectivity index (χ4v) is 1.84. The van der Waals surface area contributed by atoms with Crippen molar-refractivity contribution in [1.29, 1.82) is 5.26 Å². The Kier molecular flexibility index (Phi) is 4.56. The van der Waals surface area contributed by atoms with Crippen LogP contribution in [0.5, 0.6) is 5.75 Å². The molecule has 0 bridgehead atoms. The topological polar surface area (TPSA) is 45.0 Å². The van der Waals surface area contributed by atoms with E-state index in [0.29, 0.717) is 12.3 Å². The third kappa shape index (κ3) is 3.72. The molecule has 3 nitrogen and oxygen atoms in total. The maximum absolute atomic E-state index is 13.2. The molecule has 20 heavy (non-hydrogen) atoms. The molecule has 0 heterocycles. The van der Waals surface area contributed by atoms with Crippen LogP contribution in [0, 0.1) is 24.1 Å². The van der Waals surface area contributed by atoms with Crippen LogP contribution in [0.2, 0.25) is 0 Å². The molecule has 0 aliphatic carbocycles. The molecule has 0 saturated carbocycles. The summed E-state index contributed by atoms with van der Waals surface area (Å²) in [6.45, 7) is 2.52. The van der Waals surface area contributed by atoms with Gasteiger partial charge in [-0.25, -0.2) is 4.39 Å². The molecule has 0 aromatic heterocycles. The van der Waals surface area contributed by atoms with Gasteiger partial charge < -0.3 is 10.1 Å². The average molecular weight is 270 g/mol. The number of hydrogen-bond acceptors (Lipinski definition) is 3. The molecule has 0 atom stereocenters. The number of benzene rings is 2. The molecule has 0 amide bonds. The van der Waals surface area contributed by atoms with Crippen LogP contribution in [0.1, 0.15) is 11.1 Å². The lowest BCUT2D eigenvalue weighted by molar-refractivity contribution is 0.368. The number of hydrogen-bond donors (Lipinski definition) is 1. The summed E-state index contributed by atoms with van der Waals surface area (Å²) < 4.78 is 18.4. The summed E-state index contributed by atoms with van der Waals surface area (Å²) in [7, 11) is 0. The number of nitrogens with one attached hydrogen (secondary N) is 1. The van der Waals surface area contributed by atoms with Crippen molar-refractivity contribution in [2.75, 3.05) is 11.9 Å². The van der Waals surface area contributed by atoms with E-state index in [1.807, 2.05) is 31.2 Å². The zero-order valence-electron chi connectivity index (χ0n) is 11.2. The smallest absolute Gasteiger partial charge is 0.174 e. The molecule has 2 rings (SSSR count). The van der Waals surface area contributed by atoms with Crippen LogP contribution >= 0.6 is 0 Å². The van der Waals surface area contributed by atoms with E-state index in [1.54, 1.807) is 12.1 Å². The Morgan fingerprint density at radius 2 is 2.10 bits per heavy atom. The molecule has 0 unspecified atom stereocenters. The first-order chi connectivity index (χ1) is 9.69. The van der Waals surface area contributed by atoms with Gasteiger partial charge in [0.1, 0.15) is 17.6 Å². The molecule has 2 aromatic rings. The van der Waals surface area contributed by atoms with Crippen LogP contribution in [0.15, 0.2) is 42.5 Å². The van der Waals surface area contributed by atoms with Crippen LogP contribution in [0.4, 0.5) is 10.1 Å². The number of ether oxygens (including phenoxy) is 1. The highest BCUT2D eigenvalue weighted by atomic mass is 19.1. The Hall–Kier alpha value is -2.54. The normalized spacial score (nSPS) is 9.85. The van der Waals surface area contributed by atoms with Gasteiger partial charge >= 0.3 is 0 Å². The summed E-state index contributed by atoms with van der Waals surface area (Å²) in [6.07, 6.45) is 0. The largest absolute Gasteiger partial charge is 0.479 e. The molecule has 0 radical (unpaired) electrons. The summed E-state index contributed by atoms with van der Waals surface area (Å²) in [5, 5.41) is 11.7. The average Bonchev–Trinajstić information content (AvgIpc) is 2.46. The van der Waals surface area contributed by atoms with Gasteiger partial charge in [-0.2, -0.15) is 5.26 Å². The molecule has 0 spiro atoms. The van der Waals surface area contributed by atoms with Crippen molar-refractivity contribution >= 4 is 5.69 Å². The second kappa shape index (κ2) is 6.58. The van der Waals surface area contributed by atoms with Crippen LogP contribution < -0.4 is 10.1 Å². The minimum absolute atomic E-state index is 0.0277. The lowest BCUT2D eigenvalue weighted by atomic mass is 10.1. The molecule has 4 heteroatoms. The van der Waals surface area contributed by atoms with Crippen LogP contribution in [-0.2, 0) is 6.54 Å². The standard InChI is InChI=1S/C16H15FN2O/c1-12-5-6-14(17)10-16(12)19-11-13-3-2-4-15(9-13)20-8-7-18/h2-6,9-10,19H,8,11H2,1H3. The zero-order chi connectivity index (χ0) is 14.4. The summed E-state index contributed by atoms with van der Waals surface area (Å²) in [6, 6.07) is 14.1. The number of rotatable bonds is 5. The van der Waals surface area contributed by atoms with Crippen molar-refractivity contribution < 1.29 is 9.13 Å². The monoisotopic (exact) mass is 270 g/mol. The number of halogens is 1. The fourth-order valence-electron chi connectivity index (χ4n) is 1.84. The van der Waals surface area contributed by atoms with E-state index in [1.165, 1.54) is 12.1 Å². The van der Waals surface area contributed by atoms with Crippen molar-refractivity contribution in [3.63, 3.8) is 0 Å². The van der Waals surface area contributed by atoms with Gasteiger partial charge in [0.05, 0.1) is 0 Å². The van der Waals surface area contributed by atoms with Gasteiger partial charge in [-0.15, -0.1) is 0 Å². The van der Waals surface area contributed by atoms with Crippen molar-refractivity contribution in [3.05, 3.63) is 59.4 Å². The molecule has 0 aliphatic rings. The quantitative estimate of drug-likeness (QED) is 0.902. The Bertz CT molecular complexity index is 635. The van der Waals surface area contributed by atoms with E-state index >= 15 is 0 Å². The molecule has 0 aliphatic heterocycles. The fraction of sp³-hybridized carbons (Fsp3) is 0.188. The first-order valence-electron chi connectivity index (χ1n) is 6.28. The molecule has 2 aromatic carbocycles. The summed E-state index contributed by atoms with van der Waals surface area (Å²) in [5.74, 6) is 0.394. The van der Waals surface area contributed by atoms with E-state index in [2.05, 4.69) is 5.32 Å². The molecule has 0 fully saturated rings. The highest BCUT2D eigenvalue weighted by molar-refractivity contribution is 5.51. The lowest BCUT2D eigenvalue weighted by Gasteiger charge is -2.10. The lowest BCUT2D eigenvalue weighted by Crippen LogP contribution is -2.02. The van der Waals surface area contributed by atoms with Gasteiger partial charge in [0.2, 0.25) is 0 Å². The van der Waals surface area contributed by atoms with Crippen LogP contribution in [-0.4, -0.2) is 6.61 Å². The van der Waals surface area contributed by atoms with Gasteiger partial charge in [0.25, 0.3) is 0 Å². The van der Waals surface area contributed by atoms with E-state index < -0.39 is 0 Å². The van der Waals surface area contributed by atoms with Crippen molar-refractivity contribution in [3.8, 4) is 11.8 Å². The van der Waals surface area contributed by atoms with Crippen molar-refractivity contribution in [2.24, 2.45) is 0 Å². The Labute approximate surface area is 117 Å². The van der Waals surface area contributed by atoms with Gasteiger partial charge in [-0.1, -0.05) is 18.2 Å². The van der Waals surface area contributed by atoms with E-state index in [0.717, 1.165) is 16.8 Å². The molecule has 102 valence electrons. The zero-order valence-corrected chi connectivity index (χ0v) is 11.2. The second-order valence-electron chi connectivity index (χ2n) is 4.41. The summed E-state index contributed by atoms with van der Waals surface area (Å²) in [5.41, 5.74) is 2.76. The molecule has 1 N–H and O–H groups in total. The Balaban J connectivity index is 2.03. The second-order valence-corrected chi connectivity index (χ2v) is 4.41. The van der Waals surface area contributed by atoms with Crippen LogP contribution in [0.3, 0.4) is 0 Å². The first-order valence-corrected chi connectivity index (χ1v) is 6.28. The first kappa shape index (κ1) is 13.9. The number of nitrogens with zero attached hydrogens (tertiary/aromatic N) is 1. The van der Waals surface area contributed by atoms with Crippen molar-refractivity contribution in [1.82, 2.24) is 0 Å². The van der Waals surface area contributed by atoms with Gasteiger partial charge in [-0.3, -0.25) is 0 Å². The third-order valence-electron chi connectivity index (χ3n) is 2.88. The Morgan fingerprint density at radius 3 is 2.90 bits per heavy atom. The predicted octanol–water partition coefficient (Wildman–Crippen LogP) is 3.65. The van der Waals surface area contributed by atoms with E-state index in [4.69, 9.17) is 10.00 Å². The number of aryl methyl sites for hydroxylation is 1. The van der Waals surface area contributed by atoms with Gasteiger partial charge in [0.15, 0.2) is 6.61 Å². The number of anilines is 1. The molecule has 0 saturated heterocycles. The predicted molar refractivity (Wildman–Crippen MR) is 76.0 cm³/mol. The number of nitriles is 1. The Morgan fingerprint density at radius 1 is 1.25 bits per heavy atom. The molecular weight excluding hydrogens is 255 g/mol. The summed E-state index contributed by atoms with van der Waals surface area (Å²) >= 11 is 0. The SMILES string of the molecule is Cc1ccc(F)cc1NCc1cccc(OCC#N)c1. The molecular formula is C16H15FN2O. The van der Waals surface area contributed by atoms with Gasteiger partial charge in [0, 0.05) is 12.2 Å². The van der Waals surface area contributed by atoms with Gasteiger partial charge in [-0.05, 0) is 42.3 Å². The highest BCUT2D eigenvalue weighted by Crippen LogP contribution is 2.18. The van der Waals surface area contributed by atoms with Crippen molar-refractivity contribution in [2.45, 2.75) is 13.5 Å². The maximum Gasteiger partial charge on any atom is 0.174 e. The third-order valence-corrected chi connectivity index (χ3v) is 2.88. The minimum atomic E-state index is -0.260. The highest BCUT2D eigenvalue weighted by Gasteiger charge is 2.01. The maximum atomic E-state index is 13.2.